The first kappa shape index (κ1) is 18.6. The molecule has 0 fully saturated rings. The van der Waals surface area contributed by atoms with E-state index < -0.39 is 6.09 Å². The third-order valence-electron chi connectivity index (χ3n) is 2.88. The van der Waals surface area contributed by atoms with Crippen molar-refractivity contribution in [3.05, 3.63) is 23.8 Å². The largest absolute Gasteiger partial charge is 0.496 e. The van der Waals surface area contributed by atoms with E-state index in [4.69, 9.17) is 14.2 Å². The van der Waals surface area contributed by atoms with Crippen LogP contribution in [0.25, 0.3) is 0 Å². The maximum Gasteiger partial charge on any atom is 0.407 e. The van der Waals surface area contributed by atoms with E-state index >= 15 is 0 Å². The molecule has 0 aromatic heterocycles. The van der Waals surface area contributed by atoms with Gasteiger partial charge in [0.1, 0.15) is 17.1 Å². The van der Waals surface area contributed by atoms with Gasteiger partial charge >= 0.3 is 6.09 Å². The fraction of sp³-hybridized carbons (Fsp3) is 0.500. The monoisotopic (exact) mass is 324 g/mol. The smallest absolute Gasteiger partial charge is 0.407 e. The van der Waals surface area contributed by atoms with Gasteiger partial charge in [-0.1, -0.05) is 19.9 Å². The highest BCUT2D eigenvalue weighted by Crippen LogP contribution is 2.27. The highest BCUT2D eigenvalue weighted by atomic mass is 16.5. The minimum absolute atomic E-state index is 0.261. The van der Waals surface area contributed by atoms with Gasteiger partial charge in [0.15, 0.2) is 0 Å². The highest BCUT2D eigenvalue weighted by Gasteiger charge is 2.17. The first-order valence-corrected chi connectivity index (χ1v) is 7.39. The molecule has 0 saturated heterocycles. The second kappa shape index (κ2) is 9.55. The Bertz CT molecular complexity index is 509. The lowest BCUT2D eigenvalue weighted by Crippen LogP contribution is -2.35. The molecule has 0 atom stereocenters. The van der Waals surface area contributed by atoms with Crippen molar-refractivity contribution in [2.45, 2.75) is 13.8 Å². The van der Waals surface area contributed by atoms with Crippen LogP contribution in [0.1, 0.15) is 24.2 Å². The minimum Gasteiger partial charge on any atom is -0.496 e. The SMILES string of the molecule is COc1cccc(OC)c1C(=O)NCCNC(=O)OCC(C)C. The summed E-state index contributed by atoms with van der Waals surface area (Å²) in [7, 11) is 2.97. The van der Waals surface area contributed by atoms with E-state index in [2.05, 4.69) is 10.6 Å². The van der Waals surface area contributed by atoms with E-state index in [9.17, 15) is 9.59 Å². The molecule has 23 heavy (non-hydrogen) atoms. The van der Waals surface area contributed by atoms with Crippen LogP contribution >= 0.6 is 0 Å². The molecule has 1 aromatic carbocycles. The zero-order chi connectivity index (χ0) is 17.2. The molecule has 0 saturated carbocycles. The molecule has 0 spiro atoms. The van der Waals surface area contributed by atoms with Crippen LogP contribution in [0.2, 0.25) is 0 Å². The molecule has 1 rings (SSSR count). The third-order valence-corrected chi connectivity index (χ3v) is 2.88. The summed E-state index contributed by atoms with van der Waals surface area (Å²) in [6.45, 7) is 4.79. The quantitative estimate of drug-likeness (QED) is 0.712. The van der Waals surface area contributed by atoms with Crippen molar-refractivity contribution < 1.29 is 23.8 Å². The molecular formula is C16H24N2O5. The molecule has 7 heteroatoms. The zero-order valence-electron chi connectivity index (χ0n) is 14.0. The van der Waals surface area contributed by atoms with Crippen LogP contribution in [0, 0.1) is 5.92 Å². The molecule has 0 aliphatic rings. The summed E-state index contributed by atoms with van der Waals surface area (Å²) in [5, 5.41) is 5.26. The van der Waals surface area contributed by atoms with Gasteiger partial charge in [-0.15, -0.1) is 0 Å². The fourth-order valence-corrected chi connectivity index (χ4v) is 1.80. The van der Waals surface area contributed by atoms with Crippen LogP contribution in [-0.4, -0.2) is 45.9 Å². The number of hydrogen-bond acceptors (Lipinski definition) is 5. The van der Waals surface area contributed by atoms with Crippen molar-refractivity contribution >= 4 is 12.0 Å². The average Bonchev–Trinajstić information content (AvgIpc) is 2.55. The van der Waals surface area contributed by atoms with Gasteiger partial charge in [0.25, 0.3) is 5.91 Å². The number of carbonyl (C=O) groups excluding carboxylic acids is 2. The van der Waals surface area contributed by atoms with Gasteiger partial charge in [-0.2, -0.15) is 0 Å². The summed E-state index contributed by atoms with van der Waals surface area (Å²) in [6.07, 6.45) is -0.497. The lowest BCUT2D eigenvalue weighted by atomic mass is 10.1. The summed E-state index contributed by atoms with van der Waals surface area (Å²) in [4.78, 5) is 23.6. The topological polar surface area (TPSA) is 85.9 Å². The molecule has 0 aliphatic heterocycles. The third kappa shape index (κ3) is 6.06. The van der Waals surface area contributed by atoms with Crippen LogP contribution < -0.4 is 20.1 Å². The van der Waals surface area contributed by atoms with E-state index in [1.807, 2.05) is 13.8 Å². The van der Waals surface area contributed by atoms with Crippen LogP contribution in [0.3, 0.4) is 0 Å². The van der Waals surface area contributed by atoms with Crippen molar-refractivity contribution in [2.24, 2.45) is 5.92 Å². The second-order valence-electron chi connectivity index (χ2n) is 5.21. The number of methoxy groups -OCH3 is 2. The van der Waals surface area contributed by atoms with Gasteiger partial charge in [-0.05, 0) is 18.1 Å². The Morgan fingerprint density at radius 2 is 1.61 bits per heavy atom. The Morgan fingerprint density at radius 3 is 2.13 bits per heavy atom. The summed E-state index contributed by atoms with van der Waals surface area (Å²) in [5.41, 5.74) is 0.319. The Kier molecular flexibility index (Phi) is 7.73. The fourth-order valence-electron chi connectivity index (χ4n) is 1.80. The number of ether oxygens (including phenoxy) is 3. The molecule has 7 nitrogen and oxygen atoms in total. The summed E-state index contributed by atoms with van der Waals surface area (Å²) >= 11 is 0. The van der Waals surface area contributed by atoms with Crippen molar-refractivity contribution in [3.63, 3.8) is 0 Å². The first-order chi connectivity index (χ1) is 11.0. The molecule has 0 unspecified atom stereocenters. The van der Waals surface area contributed by atoms with Crippen LogP contribution in [0.5, 0.6) is 11.5 Å². The van der Waals surface area contributed by atoms with E-state index in [1.165, 1.54) is 14.2 Å². The number of benzene rings is 1. The Morgan fingerprint density at radius 1 is 1.04 bits per heavy atom. The second-order valence-corrected chi connectivity index (χ2v) is 5.21. The van der Waals surface area contributed by atoms with Crippen molar-refractivity contribution in [1.29, 1.82) is 0 Å². The van der Waals surface area contributed by atoms with Gasteiger partial charge in [0, 0.05) is 13.1 Å². The van der Waals surface area contributed by atoms with Gasteiger partial charge in [0.05, 0.1) is 20.8 Å². The normalized spacial score (nSPS) is 10.1. The molecule has 0 bridgehead atoms. The van der Waals surface area contributed by atoms with Crippen molar-refractivity contribution in [2.75, 3.05) is 33.9 Å². The first-order valence-electron chi connectivity index (χ1n) is 7.39. The number of rotatable bonds is 8. The van der Waals surface area contributed by atoms with Crippen molar-refractivity contribution in [3.8, 4) is 11.5 Å². The number of nitrogens with one attached hydrogen (secondary N) is 2. The average molecular weight is 324 g/mol. The van der Waals surface area contributed by atoms with Gasteiger partial charge in [-0.25, -0.2) is 4.79 Å². The van der Waals surface area contributed by atoms with E-state index in [-0.39, 0.29) is 24.9 Å². The number of carbonyl (C=O) groups is 2. The lowest BCUT2D eigenvalue weighted by molar-refractivity contribution is 0.0945. The number of hydrogen-bond donors (Lipinski definition) is 2. The Balaban J connectivity index is 2.47. The molecule has 0 heterocycles. The molecule has 2 N–H and O–H groups in total. The summed E-state index contributed by atoms with van der Waals surface area (Å²) in [6, 6.07) is 5.10. The van der Waals surface area contributed by atoms with E-state index in [0.717, 1.165) is 0 Å². The number of amides is 2. The maximum atomic E-state index is 12.2. The standard InChI is InChI=1S/C16H24N2O5/c1-11(2)10-23-16(20)18-9-8-17-15(19)14-12(21-3)6-5-7-13(14)22-4/h5-7,11H,8-10H2,1-4H3,(H,17,19)(H,18,20). The lowest BCUT2D eigenvalue weighted by Gasteiger charge is -2.13. The Hall–Kier alpha value is -2.44. The van der Waals surface area contributed by atoms with Crippen LogP contribution in [0.4, 0.5) is 4.79 Å². The summed E-state index contributed by atoms with van der Waals surface area (Å²) < 4.78 is 15.3. The molecular weight excluding hydrogens is 300 g/mol. The van der Waals surface area contributed by atoms with E-state index in [0.29, 0.717) is 23.7 Å². The molecule has 0 radical (unpaired) electrons. The molecule has 128 valence electrons. The van der Waals surface area contributed by atoms with Gasteiger partial charge in [0.2, 0.25) is 0 Å². The van der Waals surface area contributed by atoms with Crippen molar-refractivity contribution in [1.82, 2.24) is 10.6 Å². The van der Waals surface area contributed by atoms with Gasteiger partial charge in [-0.3, -0.25) is 4.79 Å². The molecule has 0 aliphatic carbocycles. The van der Waals surface area contributed by atoms with Crippen LogP contribution in [-0.2, 0) is 4.74 Å². The minimum atomic E-state index is -0.497. The van der Waals surface area contributed by atoms with Crippen LogP contribution in [0.15, 0.2) is 18.2 Å². The highest BCUT2D eigenvalue weighted by molar-refractivity contribution is 5.99. The summed E-state index contributed by atoms with van der Waals surface area (Å²) in [5.74, 6) is 0.785. The Labute approximate surface area is 136 Å². The molecule has 2 amide bonds. The van der Waals surface area contributed by atoms with E-state index in [1.54, 1.807) is 18.2 Å². The maximum absolute atomic E-state index is 12.2. The predicted octanol–water partition coefficient (Wildman–Crippen LogP) is 1.82. The molecule has 1 aromatic rings. The predicted molar refractivity (Wildman–Crippen MR) is 86.1 cm³/mol. The number of alkyl carbamates (subject to hydrolysis) is 1. The zero-order valence-corrected chi connectivity index (χ0v) is 14.0. The van der Waals surface area contributed by atoms with Gasteiger partial charge < -0.3 is 24.8 Å².